The summed E-state index contributed by atoms with van der Waals surface area (Å²) in [5, 5.41) is 0. The first kappa shape index (κ1) is 97.2. The molecule has 0 aliphatic carbocycles. The van der Waals surface area contributed by atoms with E-state index in [4.69, 9.17) is 8.51 Å². The van der Waals surface area contributed by atoms with E-state index in [2.05, 4.69) is 25.4 Å². The zero-order chi connectivity index (χ0) is 69.1. The summed E-state index contributed by atoms with van der Waals surface area (Å²) in [6, 6.07) is 0. The second kappa shape index (κ2) is 85.1. The fourth-order valence-corrected chi connectivity index (χ4v) is 35.2. The molecule has 2 heteroatoms. The van der Waals surface area contributed by atoms with Crippen molar-refractivity contribution in [1.82, 2.24) is 0 Å². The molecule has 0 aromatic carbocycles. The number of hydrogen-bond acceptors (Lipinski definition) is 0. The fraction of sp³-hybridized carbons (Fsp3) is 1.00. The smallest absolute Gasteiger partial charge is 0.0654 e. The Kier molecular flexibility index (Phi) is 86.1. The molecule has 0 unspecified atom stereocenters. The van der Waals surface area contributed by atoms with Crippen LogP contribution in [0.15, 0.2) is 0 Å². The van der Waals surface area contributed by atoms with Gasteiger partial charge in [-0.1, -0.05) is 367 Å². The molecule has 0 aliphatic rings. The molecule has 0 bridgehead atoms. The van der Waals surface area contributed by atoms with Gasteiger partial charge in [0.15, 0.2) is 0 Å². The minimum atomic E-state index is -3.25. The number of halogens is 1. The van der Waals surface area contributed by atoms with E-state index >= 15 is 0 Å². The Morgan fingerprint density at radius 3 is 0.250 bits per heavy atom. The summed E-state index contributed by atoms with van der Waals surface area (Å²) in [4.78, 5) is 0. The van der Waals surface area contributed by atoms with E-state index < -0.39 is 17.6 Å². The van der Waals surface area contributed by atoms with E-state index in [1.165, 1.54) is 571 Å². The third kappa shape index (κ3) is 84.1. The van der Waals surface area contributed by atoms with Crippen LogP contribution >= 0.6 is 8.51 Å². The average molecular weight is 1570 g/mol. The van der Waals surface area contributed by atoms with Crippen molar-refractivity contribution < 1.29 is 0 Å². The summed E-state index contributed by atoms with van der Waals surface area (Å²) in [6.45, 7) is 6.96. The van der Waals surface area contributed by atoms with Crippen LogP contribution in [-0.2, 0) is 0 Å². The molecule has 96 heavy (non-hydrogen) atoms. The molecule has 0 rings (SSSR count). The van der Waals surface area contributed by atoms with Gasteiger partial charge in [-0.15, -0.1) is 0 Å². The van der Waals surface area contributed by atoms with E-state index in [1.807, 2.05) is 0 Å². The van der Waals surface area contributed by atoms with E-state index in [0.717, 1.165) is 0 Å². The van der Waals surface area contributed by atoms with Crippen molar-refractivity contribution in [2.45, 2.75) is 596 Å². The van der Waals surface area contributed by atoms with Crippen LogP contribution in [0.2, 0.25) is 17.0 Å². The molecule has 0 heterocycles. The molecule has 0 spiro atoms. The number of hydrogen-bond donors (Lipinski definition) is 0. The van der Waals surface area contributed by atoms with Gasteiger partial charge >= 0.3 is 255 Å². The molecule has 0 saturated carbocycles. The Morgan fingerprint density at radius 2 is 0.177 bits per heavy atom. The average Bonchev–Trinajstić information content (AvgIpc) is 0.904. The molecule has 0 nitrogen and oxygen atoms in total. The molecule has 0 atom stereocenters. The minimum absolute atomic E-state index is 1.37. The standard InChI is InChI=1S/3C31H63.CH3.Bi.ClH/c3*1-3-5-7-9-11-13-15-17-19-21-23-25-27-29-31-30-28-26-24-22-20-18-16-14-12-10-8-6-4-2;;;/h3*1,3-31H2,2H3;1H3;;1H/q;;;;+1;/p-1. The van der Waals surface area contributed by atoms with Gasteiger partial charge in [0.25, 0.3) is 0 Å². The molecular weight excluding hydrogens is 1370 g/mol. The molecule has 0 saturated heterocycles. The molecular formula is C94H192BiCl. The summed E-state index contributed by atoms with van der Waals surface area (Å²) in [5.41, 5.74) is 0. The van der Waals surface area contributed by atoms with Crippen LogP contribution in [0, 0.1) is 0 Å². The maximum atomic E-state index is 8.15. The van der Waals surface area contributed by atoms with Gasteiger partial charge in [0.2, 0.25) is 0 Å². The van der Waals surface area contributed by atoms with Crippen LogP contribution < -0.4 is 0 Å². The second-order valence-corrected chi connectivity index (χ2v) is 65.2. The first-order valence-electron chi connectivity index (χ1n) is 47.2. The predicted octanol–water partition coefficient (Wildman–Crippen LogP) is 37.8. The van der Waals surface area contributed by atoms with Gasteiger partial charge in [0.1, 0.15) is 0 Å². The Hall–Kier alpha value is 1.17. The second-order valence-electron chi connectivity index (χ2n) is 34.0. The zero-order valence-electron chi connectivity index (χ0n) is 68.5. The first-order chi connectivity index (χ1) is 47.5. The molecule has 0 aliphatic heterocycles. The molecule has 0 amide bonds. The van der Waals surface area contributed by atoms with Crippen molar-refractivity contribution in [3.05, 3.63) is 0 Å². The Balaban J connectivity index is 4.17. The van der Waals surface area contributed by atoms with E-state index in [1.54, 1.807) is 0 Å². The predicted molar refractivity (Wildman–Crippen MR) is 451 cm³/mol. The molecule has 580 valence electrons. The van der Waals surface area contributed by atoms with Crippen molar-refractivity contribution in [2.24, 2.45) is 0 Å². The quantitative estimate of drug-likeness (QED) is 0.0421. The summed E-state index contributed by atoms with van der Waals surface area (Å²) in [7, 11) is 8.15. The van der Waals surface area contributed by atoms with Crippen LogP contribution in [0.1, 0.15) is 579 Å². The molecule has 0 radical (unpaired) electrons. The Bertz CT molecular complexity index is 1180. The van der Waals surface area contributed by atoms with Crippen molar-refractivity contribution in [3.8, 4) is 0 Å². The molecule has 0 fully saturated rings. The van der Waals surface area contributed by atoms with Gasteiger partial charge in [-0.25, -0.2) is 0 Å². The van der Waals surface area contributed by atoms with Crippen molar-refractivity contribution in [1.29, 1.82) is 0 Å². The van der Waals surface area contributed by atoms with Gasteiger partial charge in [0, 0.05) is 0 Å². The van der Waals surface area contributed by atoms with Crippen LogP contribution in [0.4, 0.5) is 0 Å². The van der Waals surface area contributed by atoms with Crippen molar-refractivity contribution in [2.75, 3.05) is 0 Å². The summed E-state index contributed by atoms with van der Waals surface area (Å²) in [6.07, 6.45) is 128. The monoisotopic (exact) mass is 1570 g/mol. The number of unbranched alkanes of at least 4 members (excludes halogenated alkanes) is 84. The fourth-order valence-electron chi connectivity index (χ4n) is 16.5. The van der Waals surface area contributed by atoms with E-state index in [-0.39, 0.29) is 0 Å². The molecule has 0 aromatic heterocycles. The third-order valence-corrected chi connectivity index (χ3v) is 46.4. The van der Waals surface area contributed by atoms with Crippen molar-refractivity contribution >= 4 is 26.1 Å². The van der Waals surface area contributed by atoms with Crippen LogP contribution in [0.3, 0.4) is 0 Å². The van der Waals surface area contributed by atoms with Crippen LogP contribution in [0.25, 0.3) is 0 Å². The number of rotatable bonds is 90. The van der Waals surface area contributed by atoms with E-state index in [9.17, 15) is 0 Å². The molecule has 0 aromatic rings. The van der Waals surface area contributed by atoms with Gasteiger partial charge in [-0.05, 0) is 0 Å². The Labute approximate surface area is 617 Å². The van der Waals surface area contributed by atoms with Gasteiger partial charge in [0.05, 0.1) is 0 Å². The van der Waals surface area contributed by atoms with Gasteiger partial charge < -0.3 is 0 Å². The SMILES string of the molecule is CCCCCCCCCCCCCCCCCCCCCCCCCCCCCC[CH2][Bi]([CH3])([Cl])([CH2]CCCCCCCCCCCCCCCCCCCCCCCCCCCCCC)[CH2]CCCCCCCCCCCCCCCCCCCCCCCCCCCCCC. The van der Waals surface area contributed by atoms with Gasteiger partial charge in [-0.2, -0.15) is 0 Å². The third-order valence-electron chi connectivity index (χ3n) is 23.7. The Morgan fingerprint density at radius 1 is 0.115 bits per heavy atom. The maximum absolute atomic E-state index is 8.15. The minimum Gasteiger partial charge on any atom is -0.0654 e. The topological polar surface area (TPSA) is 0 Å². The summed E-state index contributed by atoms with van der Waals surface area (Å²) >= 11 is -3.25. The summed E-state index contributed by atoms with van der Waals surface area (Å²) < 4.78 is 7.08. The zero-order valence-corrected chi connectivity index (χ0v) is 72.7. The van der Waals surface area contributed by atoms with Crippen molar-refractivity contribution in [3.63, 3.8) is 0 Å². The normalized spacial score (nSPS) is 12.4. The van der Waals surface area contributed by atoms with Crippen LogP contribution in [-0.4, -0.2) is 17.6 Å². The van der Waals surface area contributed by atoms with Gasteiger partial charge in [-0.3, -0.25) is 0 Å². The van der Waals surface area contributed by atoms with E-state index in [0.29, 0.717) is 0 Å². The molecule has 0 N–H and O–H groups in total. The van der Waals surface area contributed by atoms with Crippen LogP contribution in [0.5, 0.6) is 0 Å². The first-order valence-corrected chi connectivity index (χ1v) is 62.3. The summed E-state index contributed by atoms with van der Waals surface area (Å²) in [5.74, 6) is 0.